The number of aliphatic hydroxyl groups excluding tert-OH is 1. The normalized spacial score (nSPS) is 21.6. The Morgan fingerprint density at radius 2 is 1.42 bits per heavy atom. The van der Waals surface area contributed by atoms with Crippen LogP contribution in [0.15, 0.2) is 78.9 Å². The van der Waals surface area contributed by atoms with Gasteiger partial charge in [-0.2, -0.15) is 0 Å². The Kier molecular flexibility index (Phi) is 12.9. The molecule has 0 bridgehead atoms. The molecule has 1 saturated heterocycles. The van der Waals surface area contributed by atoms with E-state index in [1.54, 1.807) is 0 Å². The van der Waals surface area contributed by atoms with Gasteiger partial charge in [-0.1, -0.05) is 98.1 Å². The van der Waals surface area contributed by atoms with Gasteiger partial charge in [0.05, 0.1) is 22.9 Å². The van der Waals surface area contributed by atoms with Crippen LogP contribution in [0.3, 0.4) is 0 Å². The molecular formula is C45H60N4O7S. The Hall–Kier alpha value is -4.26. The summed E-state index contributed by atoms with van der Waals surface area (Å²) in [5, 5.41) is 20.8. The number of carbonyl (C=O) groups is 3. The van der Waals surface area contributed by atoms with Crippen molar-refractivity contribution in [3.05, 3.63) is 95.6 Å². The zero-order valence-electron chi connectivity index (χ0n) is 34.2. The van der Waals surface area contributed by atoms with Crippen molar-refractivity contribution in [2.75, 3.05) is 26.0 Å². The quantitative estimate of drug-likeness (QED) is 0.174. The molecule has 0 unspecified atom stereocenters. The minimum absolute atomic E-state index is 0.0233. The zero-order chi connectivity index (χ0) is 41.1. The number of hydrogen-bond donors (Lipinski definition) is 4. The van der Waals surface area contributed by atoms with E-state index in [2.05, 4.69) is 20.9 Å². The molecular weight excluding hydrogens is 741 g/mol. The first-order valence-corrected chi connectivity index (χ1v) is 22.2. The number of fused-ring (bicyclic) bond motifs is 4. The van der Waals surface area contributed by atoms with Crippen LogP contribution in [0, 0.1) is 11.8 Å². The molecule has 3 aromatic rings. The molecule has 4 N–H and O–H groups in total. The van der Waals surface area contributed by atoms with Crippen LogP contribution in [0.1, 0.15) is 89.3 Å². The van der Waals surface area contributed by atoms with E-state index in [1.165, 1.54) is 13.8 Å². The number of likely N-dealkylation sites (tertiary alicyclic amines) is 1. The summed E-state index contributed by atoms with van der Waals surface area (Å²) in [7, 11) is -3.93. The predicted octanol–water partition coefficient (Wildman–Crippen LogP) is 5.60. The number of amides is 3. The topological polar surface area (TPSA) is 154 Å². The van der Waals surface area contributed by atoms with Crippen LogP contribution in [0.4, 0.5) is 4.79 Å². The molecule has 6 rings (SSSR count). The maximum Gasteiger partial charge on any atom is 0.407 e. The summed E-state index contributed by atoms with van der Waals surface area (Å²) in [5.74, 6) is -0.243. The number of ether oxygens (including phenoxy) is 1. The lowest BCUT2D eigenvalue weighted by Crippen LogP contribution is -2.64. The Labute approximate surface area is 338 Å². The highest BCUT2D eigenvalue weighted by Gasteiger charge is 2.47. The van der Waals surface area contributed by atoms with Crippen molar-refractivity contribution in [2.24, 2.45) is 11.8 Å². The van der Waals surface area contributed by atoms with Gasteiger partial charge in [-0.3, -0.25) is 14.5 Å². The van der Waals surface area contributed by atoms with Gasteiger partial charge in [-0.15, -0.1) is 0 Å². The van der Waals surface area contributed by atoms with Gasteiger partial charge in [-0.25, -0.2) is 13.2 Å². The van der Waals surface area contributed by atoms with Crippen LogP contribution >= 0.6 is 0 Å². The van der Waals surface area contributed by atoms with Crippen LogP contribution in [0.2, 0.25) is 0 Å². The van der Waals surface area contributed by atoms with Gasteiger partial charge in [0.1, 0.15) is 12.6 Å². The third-order valence-corrected chi connectivity index (χ3v) is 14.5. The molecule has 57 heavy (non-hydrogen) atoms. The molecule has 308 valence electrons. The smallest absolute Gasteiger partial charge is 0.407 e. The van der Waals surface area contributed by atoms with Crippen molar-refractivity contribution in [3.63, 3.8) is 0 Å². The van der Waals surface area contributed by atoms with Crippen molar-refractivity contribution in [1.82, 2.24) is 20.9 Å². The fourth-order valence-electron chi connectivity index (χ4n) is 8.94. The van der Waals surface area contributed by atoms with E-state index >= 15 is 0 Å². The van der Waals surface area contributed by atoms with E-state index in [0.29, 0.717) is 24.8 Å². The highest BCUT2D eigenvalue weighted by atomic mass is 32.2. The Morgan fingerprint density at radius 3 is 2.02 bits per heavy atom. The number of benzene rings is 3. The summed E-state index contributed by atoms with van der Waals surface area (Å²) in [4.78, 5) is 43.9. The third-order valence-electron chi connectivity index (χ3n) is 12.3. The number of alkyl carbamates (subject to hydrolysis) is 1. The van der Waals surface area contributed by atoms with E-state index in [4.69, 9.17) is 4.74 Å². The highest BCUT2D eigenvalue weighted by molar-refractivity contribution is 7.92. The van der Waals surface area contributed by atoms with E-state index < -0.39 is 56.4 Å². The maximum absolute atomic E-state index is 14.4. The average molecular weight is 801 g/mol. The van der Waals surface area contributed by atoms with Crippen LogP contribution in [0.5, 0.6) is 0 Å². The monoisotopic (exact) mass is 800 g/mol. The lowest BCUT2D eigenvalue weighted by Gasteiger charge is -2.47. The van der Waals surface area contributed by atoms with Gasteiger partial charge >= 0.3 is 6.09 Å². The number of nitrogens with zero attached hydrogens (tertiary/aromatic N) is 1. The van der Waals surface area contributed by atoms with Crippen molar-refractivity contribution < 1.29 is 32.6 Å². The molecule has 1 heterocycles. The minimum Gasteiger partial charge on any atom is -0.449 e. The summed E-state index contributed by atoms with van der Waals surface area (Å²) in [6.07, 6.45) is 4.32. The summed E-state index contributed by atoms with van der Waals surface area (Å²) in [6, 6.07) is 22.4. The SMILES string of the molecule is CC(C)(C)NC(=O)[C@@H]1C[C@@H]2CCCC[C@@H]2CN1C[C@@H](O)[C@H](Cc1ccccc1)NC(=O)[C@@H](NC(=O)OCC1c2ccccc2-c2ccccc21)C(C)(C)S(C)(=O)=O. The minimum atomic E-state index is -3.93. The van der Waals surface area contributed by atoms with E-state index in [-0.39, 0.29) is 31.4 Å². The number of β-amino-alcohol motifs (C(OH)–C–C–N with tert-alkyl or cyclic N) is 1. The number of nitrogens with one attached hydrogen (secondary N) is 3. The number of hydrogen-bond acceptors (Lipinski definition) is 8. The molecule has 1 aliphatic heterocycles. The van der Waals surface area contributed by atoms with E-state index in [0.717, 1.165) is 59.8 Å². The Morgan fingerprint density at radius 1 is 0.842 bits per heavy atom. The highest BCUT2D eigenvalue weighted by Crippen LogP contribution is 2.44. The molecule has 6 atom stereocenters. The van der Waals surface area contributed by atoms with Gasteiger partial charge in [-0.05, 0) is 93.5 Å². The van der Waals surface area contributed by atoms with Crippen LogP contribution in [-0.4, -0.2) is 96.8 Å². The molecule has 3 aliphatic rings. The standard InChI is InChI=1S/C45H60N4O7S/c1-44(2,3)48-41(51)38-25-30-18-10-11-19-31(30)26-49(38)27-39(50)37(24-29-16-8-7-9-17-29)46-42(52)40(45(4,5)57(6,54)55)47-43(53)56-28-36-34-22-14-12-20-32(34)33-21-13-15-23-35(33)36/h7-9,12-17,20-23,30-31,36-40,50H,10-11,18-19,24-28H2,1-6H3,(H,46,52)(H,47,53)(H,48,51)/t30-,31+,37-,38-,39+,40+/m0/s1. The Balaban J connectivity index is 1.22. The third kappa shape index (κ3) is 9.89. The lowest BCUT2D eigenvalue weighted by molar-refractivity contribution is -0.133. The van der Waals surface area contributed by atoms with Crippen molar-refractivity contribution in [2.45, 2.75) is 114 Å². The molecule has 11 nitrogen and oxygen atoms in total. The van der Waals surface area contributed by atoms with Crippen molar-refractivity contribution in [1.29, 1.82) is 0 Å². The van der Waals surface area contributed by atoms with Crippen LogP contribution < -0.4 is 16.0 Å². The zero-order valence-corrected chi connectivity index (χ0v) is 35.0. The van der Waals surface area contributed by atoms with Gasteiger partial charge in [0.15, 0.2) is 9.84 Å². The van der Waals surface area contributed by atoms with Crippen molar-refractivity contribution in [3.8, 4) is 11.1 Å². The number of rotatable bonds is 13. The fourth-order valence-corrected chi connectivity index (χ4v) is 9.53. The molecule has 0 spiro atoms. The fraction of sp³-hybridized carbons (Fsp3) is 0.533. The van der Waals surface area contributed by atoms with Gasteiger partial charge in [0.25, 0.3) is 0 Å². The molecule has 3 amide bonds. The largest absolute Gasteiger partial charge is 0.449 e. The molecule has 2 fully saturated rings. The van der Waals surface area contributed by atoms with Crippen molar-refractivity contribution >= 4 is 27.7 Å². The first kappa shape index (κ1) is 42.3. The van der Waals surface area contributed by atoms with Crippen LogP contribution in [-0.2, 0) is 30.6 Å². The molecule has 12 heteroatoms. The number of sulfone groups is 1. The molecule has 0 radical (unpaired) electrons. The first-order valence-electron chi connectivity index (χ1n) is 20.3. The van der Waals surface area contributed by atoms with Gasteiger partial charge in [0.2, 0.25) is 11.8 Å². The second-order valence-electron chi connectivity index (χ2n) is 17.9. The summed E-state index contributed by atoms with van der Waals surface area (Å²) in [5.41, 5.74) is 4.56. The van der Waals surface area contributed by atoms with Gasteiger partial charge in [0, 0.05) is 30.8 Å². The summed E-state index contributed by atoms with van der Waals surface area (Å²) < 4.78 is 30.5. The second-order valence-corrected chi connectivity index (χ2v) is 20.5. The number of carbonyl (C=O) groups excluding carboxylic acids is 3. The molecule has 2 aliphatic carbocycles. The summed E-state index contributed by atoms with van der Waals surface area (Å²) >= 11 is 0. The number of aliphatic hydroxyl groups is 1. The van der Waals surface area contributed by atoms with E-state index in [9.17, 15) is 27.9 Å². The molecule has 0 aromatic heterocycles. The summed E-state index contributed by atoms with van der Waals surface area (Å²) in [6.45, 7) is 9.39. The number of piperidine rings is 1. The molecule has 3 aromatic carbocycles. The van der Waals surface area contributed by atoms with Crippen LogP contribution in [0.25, 0.3) is 11.1 Å². The lowest BCUT2D eigenvalue weighted by atomic mass is 9.72. The first-order chi connectivity index (χ1) is 26.9. The average Bonchev–Trinajstić information content (AvgIpc) is 3.48. The predicted molar refractivity (Wildman–Crippen MR) is 222 cm³/mol. The Bertz CT molecular complexity index is 1970. The van der Waals surface area contributed by atoms with Gasteiger partial charge < -0.3 is 25.8 Å². The molecule has 1 saturated carbocycles. The second kappa shape index (κ2) is 17.3. The van der Waals surface area contributed by atoms with E-state index in [1.807, 2.05) is 99.6 Å². The maximum atomic E-state index is 14.4.